The number of hydrogen-bond donors (Lipinski definition) is 1. The summed E-state index contributed by atoms with van der Waals surface area (Å²) in [7, 11) is 0. The number of nitrogens with one attached hydrogen (secondary N) is 1. The summed E-state index contributed by atoms with van der Waals surface area (Å²) in [5.41, 5.74) is 3.05. The van der Waals surface area contributed by atoms with Crippen molar-refractivity contribution in [2.75, 3.05) is 6.61 Å². The minimum Gasteiger partial charge on any atom is -0.462 e. The zero-order valence-corrected chi connectivity index (χ0v) is 12.3. The van der Waals surface area contributed by atoms with Gasteiger partial charge in [0.25, 0.3) is 0 Å². The lowest BCUT2D eigenvalue weighted by Gasteiger charge is -2.05. The van der Waals surface area contributed by atoms with Gasteiger partial charge in [0.15, 0.2) is 0 Å². The average Bonchev–Trinajstić information content (AvgIpc) is 2.87. The van der Waals surface area contributed by atoms with Crippen LogP contribution in [0.4, 0.5) is 0 Å². The number of esters is 1. The van der Waals surface area contributed by atoms with Gasteiger partial charge in [-0.3, -0.25) is 0 Å². The van der Waals surface area contributed by atoms with Crippen LogP contribution in [0.2, 0.25) is 5.02 Å². The minimum atomic E-state index is -0.329. The highest BCUT2D eigenvalue weighted by molar-refractivity contribution is 6.30. The molecule has 0 aliphatic heterocycles. The van der Waals surface area contributed by atoms with Crippen LogP contribution in [0, 0.1) is 0 Å². The number of carbonyl (C=O) groups excluding carboxylic acids is 1. The summed E-state index contributed by atoms with van der Waals surface area (Å²) in [6, 6.07) is 15.1. The van der Waals surface area contributed by atoms with Crippen LogP contribution in [-0.4, -0.2) is 17.6 Å². The third kappa shape index (κ3) is 2.52. The Kier molecular flexibility index (Phi) is 3.67. The lowest BCUT2D eigenvalue weighted by molar-refractivity contribution is 0.0529. The second kappa shape index (κ2) is 5.62. The molecular weight excluding hydrogens is 286 g/mol. The van der Waals surface area contributed by atoms with E-state index >= 15 is 0 Å². The molecule has 0 fully saturated rings. The number of carbonyl (C=O) groups is 1. The minimum absolute atomic E-state index is 0.329. The van der Waals surface area contributed by atoms with E-state index in [0.29, 0.717) is 17.2 Å². The molecule has 4 heteroatoms. The predicted molar refractivity (Wildman–Crippen MR) is 84.7 cm³/mol. The van der Waals surface area contributed by atoms with Crippen molar-refractivity contribution in [3.8, 4) is 11.3 Å². The van der Waals surface area contributed by atoms with Crippen molar-refractivity contribution in [3.63, 3.8) is 0 Å². The fraction of sp³-hybridized carbons (Fsp3) is 0.118. The maximum absolute atomic E-state index is 12.3. The highest BCUT2D eigenvalue weighted by Gasteiger charge is 2.20. The second-order valence-corrected chi connectivity index (χ2v) is 5.09. The predicted octanol–water partition coefficient (Wildman–Crippen LogP) is 4.67. The fourth-order valence-electron chi connectivity index (χ4n) is 2.42. The molecule has 1 heterocycles. The molecule has 0 aliphatic rings. The van der Waals surface area contributed by atoms with Crippen molar-refractivity contribution in [1.29, 1.82) is 0 Å². The molecule has 0 bridgehead atoms. The molecule has 0 amide bonds. The second-order valence-electron chi connectivity index (χ2n) is 4.65. The molecule has 0 atom stereocenters. The monoisotopic (exact) mass is 299 g/mol. The highest BCUT2D eigenvalue weighted by Crippen LogP contribution is 2.32. The molecule has 3 aromatic rings. The summed E-state index contributed by atoms with van der Waals surface area (Å²) in [5, 5.41) is 1.48. The average molecular weight is 300 g/mol. The number of halogens is 1. The van der Waals surface area contributed by atoms with Gasteiger partial charge in [-0.25, -0.2) is 4.79 Å². The molecule has 1 N–H and O–H groups in total. The zero-order valence-electron chi connectivity index (χ0n) is 11.5. The number of fused-ring (bicyclic) bond motifs is 1. The molecule has 2 aromatic carbocycles. The molecule has 1 aromatic heterocycles. The quantitative estimate of drug-likeness (QED) is 0.714. The van der Waals surface area contributed by atoms with Crippen molar-refractivity contribution in [3.05, 3.63) is 59.1 Å². The van der Waals surface area contributed by atoms with E-state index in [9.17, 15) is 4.79 Å². The molecule has 106 valence electrons. The number of ether oxygens (including phenoxy) is 1. The largest absolute Gasteiger partial charge is 0.462 e. The molecular formula is C17H14ClNO2. The first-order chi connectivity index (χ1) is 10.2. The maximum Gasteiger partial charge on any atom is 0.340 e. The number of benzene rings is 2. The van der Waals surface area contributed by atoms with E-state index in [1.165, 1.54) is 0 Å². The lowest BCUT2D eigenvalue weighted by atomic mass is 10.1. The zero-order chi connectivity index (χ0) is 14.8. The Balaban J connectivity index is 2.26. The number of H-pyrrole nitrogens is 1. The highest BCUT2D eigenvalue weighted by atomic mass is 35.5. The van der Waals surface area contributed by atoms with Gasteiger partial charge < -0.3 is 9.72 Å². The molecule has 21 heavy (non-hydrogen) atoms. The number of hydrogen-bond acceptors (Lipinski definition) is 2. The summed E-state index contributed by atoms with van der Waals surface area (Å²) in [6.07, 6.45) is 0. The van der Waals surface area contributed by atoms with Crippen LogP contribution in [0.3, 0.4) is 0 Å². The van der Waals surface area contributed by atoms with Crippen molar-refractivity contribution in [1.82, 2.24) is 4.98 Å². The number of para-hydroxylation sites is 1. The molecule has 3 nitrogen and oxygen atoms in total. The molecule has 0 aliphatic carbocycles. The van der Waals surface area contributed by atoms with Gasteiger partial charge >= 0.3 is 5.97 Å². The first-order valence-corrected chi connectivity index (χ1v) is 7.12. The molecule has 0 radical (unpaired) electrons. The van der Waals surface area contributed by atoms with Crippen LogP contribution in [0.5, 0.6) is 0 Å². The normalized spacial score (nSPS) is 10.8. The van der Waals surface area contributed by atoms with Crippen LogP contribution >= 0.6 is 11.6 Å². The van der Waals surface area contributed by atoms with Gasteiger partial charge in [0, 0.05) is 21.5 Å². The van der Waals surface area contributed by atoms with Crippen LogP contribution in [0.15, 0.2) is 48.5 Å². The maximum atomic E-state index is 12.3. The molecule has 0 spiro atoms. The third-order valence-electron chi connectivity index (χ3n) is 3.30. The van der Waals surface area contributed by atoms with Gasteiger partial charge in [-0.05, 0) is 25.1 Å². The van der Waals surface area contributed by atoms with Gasteiger partial charge in [0.1, 0.15) is 0 Å². The first-order valence-electron chi connectivity index (χ1n) is 6.74. The van der Waals surface area contributed by atoms with E-state index in [4.69, 9.17) is 16.3 Å². The fourth-order valence-corrected chi connectivity index (χ4v) is 2.61. The van der Waals surface area contributed by atoms with E-state index in [2.05, 4.69) is 4.98 Å². The topological polar surface area (TPSA) is 42.1 Å². The summed E-state index contributed by atoms with van der Waals surface area (Å²) >= 11 is 6.06. The van der Waals surface area contributed by atoms with E-state index in [0.717, 1.165) is 22.2 Å². The van der Waals surface area contributed by atoms with E-state index in [-0.39, 0.29) is 5.97 Å². The Morgan fingerprint density at radius 1 is 1.19 bits per heavy atom. The van der Waals surface area contributed by atoms with Crippen molar-refractivity contribution in [2.45, 2.75) is 6.92 Å². The molecule has 0 saturated heterocycles. The Hall–Kier alpha value is -2.26. The van der Waals surface area contributed by atoms with Gasteiger partial charge in [0.2, 0.25) is 0 Å². The van der Waals surface area contributed by atoms with Crippen molar-refractivity contribution < 1.29 is 9.53 Å². The van der Waals surface area contributed by atoms with Crippen molar-refractivity contribution in [2.24, 2.45) is 0 Å². The van der Waals surface area contributed by atoms with Gasteiger partial charge in [0.05, 0.1) is 17.9 Å². The summed E-state index contributed by atoms with van der Waals surface area (Å²) in [5.74, 6) is -0.329. The smallest absolute Gasteiger partial charge is 0.340 e. The molecule has 0 unspecified atom stereocenters. The molecule has 3 rings (SSSR count). The number of aromatic amines is 1. The summed E-state index contributed by atoms with van der Waals surface area (Å²) < 4.78 is 5.19. The number of rotatable bonds is 3. The Bertz CT molecular complexity index is 807. The van der Waals surface area contributed by atoms with Gasteiger partial charge in [-0.15, -0.1) is 0 Å². The summed E-state index contributed by atoms with van der Waals surface area (Å²) in [4.78, 5) is 15.6. The summed E-state index contributed by atoms with van der Waals surface area (Å²) in [6.45, 7) is 2.14. The third-order valence-corrected chi connectivity index (χ3v) is 3.53. The Labute approximate surface area is 127 Å². The SMILES string of the molecule is CCOC(=O)c1c(-c2cccc(Cl)c2)[nH]c2ccccc12. The molecule has 0 saturated carbocycles. The van der Waals surface area contributed by atoms with Crippen LogP contribution in [-0.2, 0) is 4.74 Å². The van der Waals surface area contributed by atoms with Crippen LogP contribution in [0.1, 0.15) is 17.3 Å². The lowest BCUT2D eigenvalue weighted by Crippen LogP contribution is -2.05. The Morgan fingerprint density at radius 2 is 2.00 bits per heavy atom. The van der Waals surface area contributed by atoms with Crippen LogP contribution < -0.4 is 0 Å². The van der Waals surface area contributed by atoms with Crippen molar-refractivity contribution >= 4 is 28.5 Å². The van der Waals surface area contributed by atoms with Gasteiger partial charge in [-0.2, -0.15) is 0 Å². The van der Waals surface area contributed by atoms with E-state index in [1.54, 1.807) is 13.0 Å². The van der Waals surface area contributed by atoms with Crippen LogP contribution in [0.25, 0.3) is 22.2 Å². The Morgan fingerprint density at radius 3 is 2.76 bits per heavy atom. The van der Waals surface area contributed by atoms with E-state index < -0.39 is 0 Å². The number of aromatic nitrogens is 1. The van der Waals surface area contributed by atoms with E-state index in [1.807, 2.05) is 42.5 Å². The van der Waals surface area contributed by atoms with Gasteiger partial charge in [-0.1, -0.05) is 41.9 Å². The first kappa shape index (κ1) is 13.7. The standard InChI is InChI=1S/C17H14ClNO2/c1-2-21-17(20)15-13-8-3-4-9-14(13)19-16(15)11-6-5-7-12(18)10-11/h3-10,19H,2H2,1H3.